The van der Waals surface area contributed by atoms with Gasteiger partial charge in [-0.2, -0.15) is 0 Å². The van der Waals surface area contributed by atoms with Crippen LogP contribution < -0.4 is 5.32 Å². The average Bonchev–Trinajstić information content (AvgIpc) is 2.94. The van der Waals surface area contributed by atoms with Gasteiger partial charge in [-0.15, -0.1) is 0 Å². The van der Waals surface area contributed by atoms with Gasteiger partial charge in [-0.25, -0.2) is 0 Å². The lowest BCUT2D eigenvalue weighted by Gasteiger charge is -2.10. The van der Waals surface area contributed by atoms with Gasteiger partial charge in [-0.05, 0) is 49.3 Å². The molecule has 0 spiro atoms. The summed E-state index contributed by atoms with van der Waals surface area (Å²) in [6.07, 6.45) is 5.44. The third kappa shape index (κ3) is 1.57. The Hall–Kier alpha value is -0.820. The molecular weight excluding hydrogens is 170 g/mol. The highest BCUT2D eigenvalue weighted by molar-refractivity contribution is 5.29. The molecule has 1 heterocycles. The van der Waals surface area contributed by atoms with Crippen LogP contribution in [0.15, 0.2) is 24.3 Å². The molecule has 0 amide bonds. The van der Waals surface area contributed by atoms with Gasteiger partial charge in [0.15, 0.2) is 0 Å². The van der Waals surface area contributed by atoms with Gasteiger partial charge in [0.05, 0.1) is 0 Å². The molecule has 0 bridgehead atoms. The van der Waals surface area contributed by atoms with Crippen LogP contribution in [-0.4, -0.2) is 6.54 Å². The zero-order valence-electron chi connectivity index (χ0n) is 8.50. The summed E-state index contributed by atoms with van der Waals surface area (Å²) in [5, 5.41) is 3.54. The first-order chi connectivity index (χ1) is 6.93. The molecule has 1 heteroatoms. The van der Waals surface area contributed by atoms with E-state index in [1.165, 1.54) is 37.8 Å². The number of benzene rings is 1. The Labute approximate surface area is 85.5 Å². The number of rotatable bonds is 2. The van der Waals surface area contributed by atoms with E-state index in [4.69, 9.17) is 0 Å². The van der Waals surface area contributed by atoms with Crippen molar-refractivity contribution in [1.82, 2.24) is 5.32 Å². The molecule has 14 heavy (non-hydrogen) atoms. The van der Waals surface area contributed by atoms with E-state index < -0.39 is 0 Å². The van der Waals surface area contributed by atoms with Crippen molar-refractivity contribution in [3.63, 3.8) is 0 Å². The fraction of sp³-hybridized carbons (Fsp3) is 0.538. The molecule has 74 valence electrons. The smallest absolute Gasteiger partial charge is 0.0320 e. The van der Waals surface area contributed by atoms with E-state index in [2.05, 4.69) is 29.6 Å². The van der Waals surface area contributed by atoms with Crippen LogP contribution in [0.3, 0.4) is 0 Å². The Bertz CT molecular complexity index is 305. The molecule has 1 aromatic carbocycles. The second-order valence-corrected chi connectivity index (χ2v) is 4.59. The van der Waals surface area contributed by atoms with Crippen molar-refractivity contribution < 1.29 is 0 Å². The van der Waals surface area contributed by atoms with Crippen LogP contribution in [0.2, 0.25) is 0 Å². The molecule has 1 aliphatic carbocycles. The van der Waals surface area contributed by atoms with E-state index in [0.717, 1.165) is 5.92 Å². The summed E-state index contributed by atoms with van der Waals surface area (Å²) >= 11 is 0. The summed E-state index contributed by atoms with van der Waals surface area (Å²) in [5.74, 6) is 0.889. The van der Waals surface area contributed by atoms with E-state index in [1.807, 2.05) is 0 Å². The molecule has 2 aliphatic rings. The summed E-state index contributed by atoms with van der Waals surface area (Å²) in [5.41, 5.74) is 3.03. The molecule has 1 aliphatic heterocycles. The van der Waals surface area contributed by atoms with Crippen molar-refractivity contribution in [2.75, 3.05) is 6.54 Å². The molecule has 1 saturated carbocycles. The SMILES string of the molecule is c1cc(C2CCCN2)ccc1C1CC1. The largest absolute Gasteiger partial charge is 0.310 e. The Balaban J connectivity index is 1.78. The first-order valence-corrected chi connectivity index (χ1v) is 5.77. The van der Waals surface area contributed by atoms with Crippen LogP contribution in [0.25, 0.3) is 0 Å². The second-order valence-electron chi connectivity index (χ2n) is 4.59. The minimum Gasteiger partial charge on any atom is -0.310 e. The Morgan fingerprint density at radius 2 is 1.64 bits per heavy atom. The minimum atomic E-state index is 0.628. The Kier molecular flexibility index (Phi) is 2.06. The molecule has 1 N–H and O–H groups in total. The monoisotopic (exact) mass is 187 g/mol. The summed E-state index contributed by atoms with van der Waals surface area (Å²) in [6, 6.07) is 9.91. The van der Waals surface area contributed by atoms with Crippen molar-refractivity contribution >= 4 is 0 Å². The molecule has 3 rings (SSSR count). The third-order valence-corrected chi connectivity index (χ3v) is 3.45. The summed E-state index contributed by atoms with van der Waals surface area (Å²) in [7, 11) is 0. The first-order valence-electron chi connectivity index (χ1n) is 5.77. The Morgan fingerprint density at radius 1 is 0.929 bits per heavy atom. The van der Waals surface area contributed by atoms with E-state index in [9.17, 15) is 0 Å². The maximum atomic E-state index is 3.54. The van der Waals surface area contributed by atoms with Gasteiger partial charge in [-0.1, -0.05) is 24.3 Å². The normalized spacial score (nSPS) is 26.7. The number of nitrogens with one attached hydrogen (secondary N) is 1. The molecule has 1 unspecified atom stereocenters. The minimum absolute atomic E-state index is 0.628. The lowest BCUT2D eigenvalue weighted by molar-refractivity contribution is 0.647. The van der Waals surface area contributed by atoms with Gasteiger partial charge in [0.2, 0.25) is 0 Å². The molecule has 1 saturated heterocycles. The molecule has 2 fully saturated rings. The summed E-state index contributed by atoms with van der Waals surface area (Å²) < 4.78 is 0. The Morgan fingerprint density at radius 3 is 2.21 bits per heavy atom. The van der Waals surface area contributed by atoms with Crippen LogP contribution in [0.1, 0.15) is 48.8 Å². The van der Waals surface area contributed by atoms with Gasteiger partial charge >= 0.3 is 0 Å². The van der Waals surface area contributed by atoms with E-state index in [-0.39, 0.29) is 0 Å². The van der Waals surface area contributed by atoms with Crippen molar-refractivity contribution in [3.8, 4) is 0 Å². The zero-order valence-corrected chi connectivity index (χ0v) is 8.50. The quantitative estimate of drug-likeness (QED) is 0.750. The fourth-order valence-electron chi connectivity index (χ4n) is 2.39. The molecule has 1 aromatic rings. The van der Waals surface area contributed by atoms with Crippen LogP contribution in [0.5, 0.6) is 0 Å². The second kappa shape index (κ2) is 3.39. The number of hydrogen-bond acceptors (Lipinski definition) is 1. The highest BCUT2D eigenvalue weighted by Gasteiger charge is 2.23. The highest BCUT2D eigenvalue weighted by atomic mass is 14.9. The lowest BCUT2D eigenvalue weighted by Crippen LogP contribution is -2.12. The maximum Gasteiger partial charge on any atom is 0.0320 e. The number of hydrogen-bond donors (Lipinski definition) is 1. The molecule has 0 aromatic heterocycles. The molecule has 0 radical (unpaired) electrons. The van der Waals surface area contributed by atoms with Crippen LogP contribution >= 0.6 is 0 Å². The summed E-state index contributed by atoms with van der Waals surface area (Å²) in [4.78, 5) is 0. The van der Waals surface area contributed by atoms with Crippen LogP contribution in [0, 0.1) is 0 Å². The van der Waals surface area contributed by atoms with E-state index >= 15 is 0 Å². The fourth-order valence-corrected chi connectivity index (χ4v) is 2.39. The maximum absolute atomic E-state index is 3.54. The van der Waals surface area contributed by atoms with Gasteiger partial charge in [0, 0.05) is 6.04 Å². The highest BCUT2D eigenvalue weighted by Crippen LogP contribution is 2.40. The van der Waals surface area contributed by atoms with Crippen molar-refractivity contribution in [3.05, 3.63) is 35.4 Å². The van der Waals surface area contributed by atoms with E-state index in [1.54, 1.807) is 5.56 Å². The van der Waals surface area contributed by atoms with E-state index in [0.29, 0.717) is 6.04 Å². The average molecular weight is 187 g/mol. The van der Waals surface area contributed by atoms with Gasteiger partial charge < -0.3 is 5.32 Å². The standard InChI is InChI=1S/C13H17N/c1-2-13(14-9-1)12-7-5-11(6-8-12)10-3-4-10/h5-8,10,13-14H,1-4,9H2. The van der Waals surface area contributed by atoms with Crippen molar-refractivity contribution in [1.29, 1.82) is 0 Å². The van der Waals surface area contributed by atoms with Gasteiger partial charge in [-0.3, -0.25) is 0 Å². The van der Waals surface area contributed by atoms with Crippen LogP contribution in [0.4, 0.5) is 0 Å². The van der Waals surface area contributed by atoms with Gasteiger partial charge in [0.1, 0.15) is 0 Å². The topological polar surface area (TPSA) is 12.0 Å². The van der Waals surface area contributed by atoms with Gasteiger partial charge in [0.25, 0.3) is 0 Å². The summed E-state index contributed by atoms with van der Waals surface area (Å²) in [6.45, 7) is 1.19. The predicted molar refractivity (Wildman–Crippen MR) is 58.4 cm³/mol. The molecule has 1 nitrogen and oxygen atoms in total. The van der Waals surface area contributed by atoms with Crippen molar-refractivity contribution in [2.45, 2.75) is 37.6 Å². The first kappa shape index (κ1) is 8.49. The predicted octanol–water partition coefficient (Wildman–Crippen LogP) is 2.99. The van der Waals surface area contributed by atoms with Crippen LogP contribution in [-0.2, 0) is 0 Å². The van der Waals surface area contributed by atoms with Crippen molar-refractivity contribution in [2.24, 2.45) is 0 Å². The third-order valence-electron chi connectivity index (χ3n) is 3.45. The molecule has 1 atom stereocenters. The lowest BCUT2D eigenvalue weighted by atomic mass is 10.0. The zero-order chi connectivity index (χ0) is 9.38. The molecular formula is C13H17N.